The molecule has 0 atom stereocenters. The van der Waals surface area contributed by atoms with Crippen molar-refractivity contribution in [2.75, 3.05) is 7.11 Å². The third-order valence-corrected chi connectivity index (χ3v) is 1.87. The van der Waals surface area contributed by atoms with Gasteiger partial charge in [0.15, 0.2) is 0 Å². The predicted octanol–water partition coefficient (Wildman–Crippen LogP) is 1.49. The minimum atomic E-state index is 0.458. The maximum Gasteiger partial charge on any atom is 0.230 e. The molecule has 3 heteroatoms. The van der Waals surface area contributed by atoms with Gasteiger partial charge in [-0.2, -0.15) is 0 Å². The van der Waals surface area contributed by atoms with Crippen LogP contribution in [0.1, 0.15) is 33.1 Å². The number of amides is 1. The maximum atomic E-state index is 9.17. The quantitative estimate of drug-likeness (QED) is 0.489. The summed E-state index contributed by atoms with van der Waals surface area (Å²) in [4.78, 5) is 13.2. The van der Waals surface area contributed by atoms with E-state index in [0.717, 1.165) is 5.41 Å². The van der Waals surface area contributed by atoms with Gasteiger partial charge in [0.25, 0.3) is 0 Å². The Hall–Kier alpha value is -0.570. The van der Waals surface area contributed by atoms with Crippen LogP contribution in [0.4, 0.5) is 0 Å². The lowest BCUT2D eigenvalue weighted by atomic mass is 9.72. The van der Waals surface area contributed by atoms with Gasteiger partial charge >= 0.3 is 0 Å². The highest BCUT2D eigenvalue weighted by molar-refractivity contribution is 5.43. The number of hydrogen-bond donors (Lipinski definition) is 1. The van der Waals surface area contributed by atoms with Crippen molar-refractivity contribution < 1.29 is 9.63 Å². The molecule has 1 saturated carbocycles. The van der Waals surface area contributed by atoms with Crippen LogP contribution in [0, 0.1) is 5.41 Å². The van der Waals surface area contributed by atoms with Crippen molar-refractivity contribution in [1.82, 2.24) is 5.48 Å². The van der Waals surface area contributed by atoms with Gasteiger partial charge in [-0.15, -0.1) is 0 Å². The zero-order chi connectivity index (χ0) is 8.74. The fraction of sp³-hybridized carbons (Fsp3) is 0.875. The normalized spacial score (nSPS) is 18.8. The lowest BCUT2D eigenvalue weighted by molar-refractivity contribution is -0.118. The monoisotopic (exact) mass is 159 g/mol. The summed E-state index contributed by atoms with van der Waals surface area (Å²) in [5, 5.41) is 0. The van der Waals surface area contributed by atoms with Crippen molar-refractivity contribution in [1.29, 1.82) is 0 Å². The zero-order valence-corrected chi connectivity index (χ0v) is 7.52. The second-order valence-electron chi connectivity index (χ2n) is 3.46. The Labute approximate surface area is 68.1 Å². The summed E-state index contributed by atoms with van der Waals surface area (Å²) in [6, 6.07) is 0. The van der Waals surface area contributed by atoms with Crippen LogP contribution in [0.3, 0.4) is 0 Å². The molecule has 1 rings (SSSR count). The largest absolute Gasteiger partial charge is 0.277 e. The Morgan fingerprint density at radius 2 is 1.91 bits per heavy atom. The fourth-order valence-corrected chi connectivity index (χ4v) is 0.932. The lowest BCUT2D eigenvalue weighted by Gasteiger charge is -2.33. The standard InChI is InChI=1S/C6H12.C2H5NO2/c1-6(2)4-3-5-6;1-5-3-2-4/h3-5H2,1-2H3;2H,1H3,(H,3,4). The number of nitrogens with one attached hydrogen (secondary N) is 1. The maximum absolute atomic E-state index is 9.17. The summed E-state index contributed by atoms with van der Waals surface area (Å²) in [5.41, 5.74) is 2.65. The average Bonchev–Trinajstić information content (AvgIpc) is 1.88. The number of hydrogen-bond acceptors (Lipinski definition) is 2. The molecule has 0 aliphatic heterocycles. The number of hydroxylamine groups is 1. The van der Waals surface area contributed by atoms with Gasteiger partial charge in [0.2, 0.25) is 6.41 Å². The molecule has 0 aromatic carbocycles. The summed E-state index contributed by atoms with van der Waals surface area (Å²) in [5.74, 6) is 0. The summed E-state index contributed by atoms with van der Waals surface area (Å²) in [7, 11) is 1.37. The summed E-state index contributed by atoms with van der Waals surface area (Å²) < 4.78 is 0. The van der Waals surface area contributed by atoms with Gasteiger partial charge < -0.3 is 0 Å². The Morgan fingerprint density at radius 3 is 1.91 bits per heavy atom. The smallest absolute Gasteiger partial charge is 0.230 e. The molecular formula is C8H17NO2. The van der Waals surface area contributed by atoms with Crippen molar-refractivity contribution in [3.8, 4) is 0 Å². The Balaban J connectivity index is 0.000000187. The van der Waals surface area contributed by atoms with Crippen LogP contribution in [-0.2, 0) is 9.63 Å². The van der Waals surface area contributed by atoms with E-state index in [0.29, 0.717) is 6.41 Å². The second-order valence-corrected chi connectivity index (χ2v) is 3.46. The van der Waals surface area contributed by atoms with Gasteiger partial charge in [-0.1, -0.05) is 20.3 Å². The molecule has 0 saturated heterocycles. The summed E-state index contributed by atoms with van der Waals surface area (Å²) >= 11 is 0. The molecule has 0 aromatic heterocycles. The highest BCUT2D eigenvalue weighted by Gasteiger charge is 2.24. The van der Waals surface area contributed by atoms with E-state index >= 15 is 0 Å². The van der Waals surface area contributed by atoms with Crippen molar-refractivity contribution in [3.63, 3.8) is 0 Å². The Morgan fingerprint density at radius 1 is 1.45 bits per heavy atom. The summed E-state index contributed by atoms with van der Waals surface area (Å²) in [6.07, 6.45) is 4.83. The highest BCUT2D eigenvalue weighted by atomic mass is 16.6. The first kappa shape index (κ1) is 10.4. The molecule has 1 N–H and O–H groups in total. The summed E-state index contributed by atoms with van der Waals surface area (Å²) in [6.45, 7) is 4.66. The van der Waals surface area contributed by atoms with Gasteiger partial charge in [0, 0.05) is 0 Å². The van der Waals surface area contributed by atoms with Crippen LogP contribution in [-0.4, -0.2) is 13.5 Å². The van der Waals surface area contributed by atoms with Gasteiger partial charge in [0.05, 0.1) is 7.11 Å². The minimum Gasteiger partial charge on any atom is -0.277 e. The van der Waals surface area contributed by atoms with Crippen LogP contribution in [0.25, 0.3) is 0 Å². The molecular weight excluding hydrogens is 142 g/mol. The number of carbonyl (C=O) groups is 1. The molecule has 0 aromatic rings. The van der Waals surface area contributed by atoms with Gasteiger partial charge in [-0.3, -0.25) is 9.63 Å². The first-order chi connectivity index (χ1) is 5.12. The molecule has 0 heterocycles. The molecule has 0 unspecified atom stereocenters. The van der Waals surface area contributed by atoms with E-state index in [2.05, 4.69) is 18.7 Å². The van der Waals surface area contributed by atoms with E-state index in [9.17, 15) is 0 Å². The van der Waals surface area contributed by atoms with E-state index in [-0.39, 0.29) is 0 Å². The fourth-order valence-electron chi connectivity index (χ4n) is 0.932. The topological polar surface area (TPSA) is 38.3 Å². The lowest BCUT2D eigenvalue weighted by Crippen LogP contribution is -2.20. The van der Waals surface area contributed by atoms with Gasteiger partial charge in [-0.25, -0.2) is 5.48 Å². The van der Waals surface area contributed by atoms with Crippen LogP contribution in [0.15, 0.2) is 0 Å². The molecule has 3 nitrogen and oxygen atoms in total. The molecule has 0 radical (unpaired) electrons. The van der Waals surface area contributed by atoms with Crippen LogP contribution < -0.4 is 5.48 Å². The third-order valence-electron chi connectivity index (χ3n) is 1.87. The molecule has 66 valence electrons. The van der Waals surface area contributed by atoms with Crippen LogP contribution in [0.2, 0.25) is 0 Å². The number of carbonyl (C=O) groups excluding carboxylic acids is 1. The van der Waals surface area contributed by atoms with E-state index in [4.69, 9.17) is 4.79 Å². The van der Waals surface area contributed by atoms with Crippen molar-refractivity contribution in [2.24, 2.45) is 5.41 Å². The Kier molecular flexibility index (Phi) is 4.86. The third kappa shape index (κ3) is 5.85. The molecule has 0 spiro atoms. The Bertz CT molecular complexity index is 107. The molecule has 11 heavy (non-hydrogen) atoms. The molecule has 1 aliphatic carbocycles. The average molecular weight is 159 g/mol. The molecule has 1 aliphatic rings. The molecule has 0 bridgehead atoms. The van der Waals surface area contributed by atoms with E-state index in [1.54, 1.807) is 0 Å². The first-order valence-electron chi connectivity index (χ1n) is 3.84. The van der Waals surface area contributed by atoms with E-state index in [1.807, 2.05) is 5.48 Å². The van der Waals surface area contributed by atoms with Crippen LogP contribution >= 0.6 is 0 Å². The SMILES string of the molecule is CC1(C)CCC1.CONC=O. The van der Waals surface area contributed by atoms with E-state index in [1.165, 1.54) is 26.4 Å². The van der Waals surface area contributed by atoms with Gasteiger partial charge in [-0.05, 0) is 18.3 Å². The molecule has 1 fully saturated rings. The van der Waals surface area contributed by atoms with Crippen molar-refractivity contribution in [2.45, 2.75) is 33.1 Å². The van der Waals surface area contributed by atoms with Gasteiger partial charge in [0.1, 0.15) is 0 Å². The number of rotatable bonds is 2. The highest BCUT2D eigenvalue weighted by Crippen LogP contribution is 2.38. The van der Waals surface area contributed by atoms with Crippen LogP contribution in [0.5, 0.6) is 0 Å². The van der Waals surface area contributed by atoms with E-state index < -0.39 is 0 Å². The zero-order valence-electron chi connectivity index (χ0n) is 7.52. The predicted molar refractivity (Wildman–Crippen MR) is 43.8 cm³/mol. The minimum absolute atomic E-state index is 0.458. The second kappa shape index (κ2) is 5.13. The van der Waals surface area contributed by atoms with Crippen molar-refractivity contribution in [3.05, 3.63) is 0 Å². The molecule has 1 amide bonds. The first-order valence-corrected chi connectivity index (χ1v) is 3.84. The van der Waals surface area contributed by atoms with Crippen molar-refractivity contribution >= 4 is 6.41 Å².